The average molecular weight is 573 g/mol. The molecular weight excluding hydrogens is 532 g/mol. The van der Waals surface area contributed by atoms with Gasteiger partial charge < -0.3 is 29.0 Å². The molecule has 3 aromatic carbocycles. The molecule has 0 heterocycles. The molecule has 0 bridgehead atoms. The maximum Gasteiger partial charge on any atom is 0.244 e. The number of hydrogen-bond acceptors (Lipinski definition) is 8. The Morgan fingerprint density at radius 3 is 1.77 bits per heavy atom. The summed E-state index contributed by atoms with van der Waals surface area (Å²) in [6, 6.07) is 20.2. The third-order valence-electron chi connectivity index (χ3n) is 5.86. The minimum atomic E-state index is -3.84. The van der Waals surface area contributed by atoms with Crippen molar-refractivity contribution < 1.29 is 32.1 Å². The fourth-order valence-electron chi connectivity index (χ4n) is 4.05. The molecule has 3 rings (SSSR count). The zero-order valence-corrected chi connectivity index (χ0v) is 24.5. The minimum Gasteiger partial charge on any atom is -0.495 e. The molecule has 0 saturated heterocycles. The fraction of sp³-hybridized carbons (Fsp3) is 0.400. The predicted octanol–water partition coefficient (Wildman–Crippen LogP) is 4.45. The van der Waals surface area contributed by atoms with Crippen LogP contribution in [0.25, 0.3) is 0 Å². The lowest BCUT2D eigenvalue weighted by molar-refractivity contribution is 0.272. The summed E-state index contributed by atoms with van der Waals surface area (Å²) in [5, 5.41) is 3.42. The first-order valence-corrected chi connectivity index (χ1v) is 15.0. The van der Waals surface area contributed by atoms with Crippen LogP contribution in [0.15, 0.2) is 71.6 Å². The van der Waals surface area contributed by atoms with Crippen molar-refractivity contribution in [2.75, 3.05) is 46.6 Å². The van der Waals surface area contributed by atoms with Crippen molar-refractivity contribution in [1.29, 1.82) is 0 Å². The second-order valence-corrected chi connectivity index (χ2v) is 10.6. The van der Waals surface area contributed by atoms with Crippen molar-refractivity contribution in [1.82, 2.24) is 10.0 Å². The number of para-hydroxylation sites is 4. The molecule has 0 saturated carbocycles. The Hall–Kier alpha value is -3.47. The summed E-state index contributed by atoms with van der Waals surface area (Å²) in [5.74, 6) is 2.89. The number of hydrogen-bond donors (Lipinski definition) is 2. The normalized spacial score (nSPS) is 12.0. The monoisotopic (exact) mass is 572 g/mol. The number of ether oxygens (including phenoxy) is 5. The fourth-order valence-corrected chi connectivity index (χ4v) is 5.28. The van der Waals surface area contributed by atoms with E-state index in [4.69, 9.17) is 23.7 Å². The second-order valence-electron chi connectivity index (χ2n) is 8.90. The van der Waals surface area contributed by atoms with Gasteiger partial charge in [0.25, 0.3) is 0 Å². The Bertz CT molecular complexity index is 1300. The van der Waals surface area contributed by atoms with Crippen LogP contribution in [0, 0.1) is 0 Å². The van der Waals surface area contributed by atoms with Crippen molar-refractivity contribution in [2.45, 2.75) is 38.1 Å². The zero-order valence-electron chi connectivity index (χ0n) is 23.6. The predicted molar refractivity (Wildman–Crippen MR) is 156 cm³/mol. The van der Waals surface area contributed by atoms with Crippen LogP contribution < -0.4 is 33.7 Å². The van der Waals surface area contributed by atoms with Crippen LogP contribution in [0.2, 0.25) is 0 Å². The molecule has 0 fully saturated rings. The summed E-state index contributed by atoms with van der Waals surface area (Å²) in [6.07, 6.45) is 0.624. The number of sulfonamides is 1. The molecule has 40 heavy (non-hydrogen) atoms. The highest BCUT2D eigenvalue weighted by Crippen LogP contribution is 2.28. The van der Waals surface area contributed by atoms with Crippen LogP contribution in [0.4, 0.5) is 0 Å². The van der Waals surface area contributed by atoms with Gasteiger partial charge >= 0.3 is 0 Å². The molecule has 0 aromatic heterocycles. The third kappa shape index (κ3) is 9.32. The quantitative estimate of drug-likeness (QED) is 0.216. The van der Waals surface area contributed by atoms with Gasteiger partial charge in [-0.2, -0.15) is 0 Å². The van der Waals surface area contributed by atoms with E-state index in [2.05, 4.69) is 10.0 Å². The summed E-state index contributed by atoms with van der Waals surface area (Å²) < 4.78 is 57.0. The van der Waals surface area contributed by atoms with Gasteiger partial charge in [0.15, 0.2) is 23.0 Å². The zero-order chi connectivity index (χ0) is 28.8. The van der Waals surface area contributed by atoms with E-state index >= 15 is 0 Å². The molecule has 0 aliphatic rings. The van der Waals surface area contributed by atoms with Gasteiger partial charge in [-0.05, 0) is 69.2 Å². The first kappa shape index (κ1) is 31.1. The lowest BCUT2D eigenvalue weighted by Crippen LogP contribution is -2.32. The van der Waals surface area contributed by atoms with Crippen molar-refractivity contribution in [3.8, 4) is 28.7 Å². The molecule has 10 heteroatoms. The topological polar surface area (TPSA) is 104 Å². The molecule has 0 spiro atoms. The van der Waals surface area contributed by atoms with Crippen molar-refractivity contribution >= 4 is 10.0 Å². The summed E-state index contributed by atoms with van der Waals surface area (Å²) in [5.41, 5.74) is 0.866. The molecule has 3 aromatic rings. The van der Waals surface area contributed by atoms with Gasteiger partial charge in [0.2, 0.25) is 10.0 Å². The summed E-state index contributed by atoms with van der Waals surface area (Å²) in [7, 11) is -2.38. The number of nitrogens with one attached hydrogen (secondary N) is 2. The molecule has 218 valence electrons. The van der Waals surface area contributed by atoms with E-state index in [0.717, 1.165) is 11.3 Å². The maximum atomic E-state index is 13.1. The Kier molecular flexibility index (Phi) is 12.4. The largest absolute Gasteiger partial charge is 0.495 e. The van der Waals surface area contributed by atoms with Gasteiger partial charge in [-0.25, -0.2) is 13.1 Å². The number of benzene rings is 3. The highest BCUT2D eigenvalue weighted by Gasteiger charge is 2.20. The Labute approximate surface area is 237 Å². The van der Waals surface area contributed by atoms with Crippen molar-refractivity contribution in [3.63, 3.8) is 0 Å². The lowest BCUT2D eigenvalue weighted by Gasteiger charge is -2.17. The van der Waals surface area contributed by atoms with Crippen LogP contribution >= 0.6 is 0 Å². The van der Waals surface area contributed by atoms with Gasteiger partial charge in [-0.1, -0.05) is 30.3 Å². The highest BCUT2D eigenvalue weighted by molar-refractivity contribution is 7.89. The van der Waals surface area contributed by atoms with Gasteiger partial charge in [0.05, 0.1) is 20.3 Å². The maximum absolute atomic E-state index is 13.1. The van der Waals surface area contributed by atoms with E-state index in [1.807, 2.05) is 69.3 Å². The lowest BCUT2D eigenvalue weighted by atomic mass is 10.1. The second kappa shape index (κ2) is 16.0. The van der Waals surface area contributed by atoms with E-state index in [-0.39, 0.29) is 29.8 Å². The van der Waals surface area contributed by atoms with E-state index in [1.165, 1.54) is 7.11 Å². The summed E-state index contributed by atoms with van der Waals surface area (Å²) >= 11 is 0. The number of methoxy groups -OCH3 is 1. The van der Waals surface area contributed by atoms with Gasteiger partial charge in [0, 0.05) is 19.1 Å². The SMILES string of the molecule is CCOc1ccccc1OCCN[C@@H](C)Cc1ccc(OC)c(S(=O)(=O)NCCOc2ccccc2OCC)c1. The third-order valence-corrected chi connectivity index (χ3v) is 7.34. The first-order valence-electron chi connectivity index (χ1n) is 13.5. The molecule has 1 atom stereocenters. The van der Waals surface area contributed by atoms with Crippen LogP contribution in [0.5, 0.6) is 28.7 Å². The molecule has 0 aliphatic heterocycles. The summed E-state index contributed by atoms with van der Waals surface area (Å²) in [4.78, 5) is 0.0882. The van der Waals surface area contributed by atoms with Crippen LogP contribution in [-0.4, -0.2) is 61.1 Å². The highest BCUT2D eigenvalue weighted by atomic mass is 32.2. The number of rotatable bonds is 18. The van der Waals surface area contributed by atoms with Gasteiger partial charge in [0.1, 0.15) is 23.9 Å². The van der Waals surface area contributed by atoms with Crippen molar-refractivity contribution in [3.05, 3.63) is 72.3 Å². The molecule has 9 nitrogen and oxygen atoms in total. The van der Waals surface area contributed by atoms with E-state index < -0.39 is 10.0 Å². The minimum absolute atomic E-state index is 0.0839. The Balaban J connectivity index is 1.52. The van der Waals surface area contributed by atoms with Gasteiger partial charge in [-0.15, -0.1) is 0 Å². The standard InChI is InChI=1S/C30H40N2O7S/c1-5-36-25-11-7-9-13-27(25)38-19-17-31-23(3)21-24-15-16-29(35-4)30(22-24)40(33,34)32-18-20-39-28-14-10-8-12-26(28)37-6-2/h7-16,22-23,31-32H,5-6,17-21H2,1-4H3/t23-/m0/s1. The van der Waals surface area contributed by atoms with E-state index in [9.17, 15) is 8.42 Å². The smallest absolute Gasteiger partial charge is 0.244 e. The molecule has 0 radical (unpaired) electrons. The molecular formula is C30H40N2O7S. The van der Waals surface area contributed by atoms with Crippen LogP contribution in [0.1, 0.15) is 26.3 Å². The summed E-state index contributed by atoms with van der Waals surface area (Å²) in [6.45, 7) is 8.27. The molecule has 0 amide bonds. The Morgan fingerprint density at radius 1 is 0.725 bits per heavy atom. The molecule has 0 aliphatic carbocycles. The van der Waals surface area contributed by atoms with Gasteiger partial charge in [-0.3, -0.25) is 0 Å². The molecule has 0 unspecified atom stereocenters. The van der Waals surface area contributed by atoms with E-state index in [0.29, 0.717) is 50.0 Å². The first-order chi connectivity index (χ1) is 19.4. The van der Waals surface area contributed by atoms with E-state index in [1.54, 1.807) is 18.2 Å². The average Bonchev–Trinajstić information content (AvgIpc) is 2.95. The van der Waals surface area contributed by atoms with Crippen molar-refractivity contribution in [2.24, 2.45) is 0 Å². The van der Waals surface area contributed by atoms with Crippen LogP contribution in [0.3, 0.4) is 0 Å². The Morgan fingerprint density at radius 2 is 1.25 bits per heavy atom. The van der Waals surface area contributed by atoms with Crippen LogP contribution in [-0.2, 0) is 16.4 Å². The molecule has 2 N–H and O–H groups in total.